The number of fused-ring (bicyclic) bond motifs is 3. The van der Waals surface area contributed by atoms with Crippen LogP contribution in [0.5, 0.6) is 11.5 Å². The Labute approximate surface area is 358 Å². The number of nitrogens with one attached hydrogen (secondary N) is 1. The summed E-state index contributed by atoms with van der Waals surface area (Å²) in [6, 6.07) is 22.7. The monoisotopic (exact) mass is 852 g/mol. The number of carbonyl (C=O) groups excluding carboxylic acids is 1. The molecule has 1 amide bonds. The minimum absolute atomic E-state index is 0.0170. The number of pyridine rings is 1. The number of aromatic nitrogens is 1. The van der Waals surface area contributed by atoms with Crippen LogP contribution in [0.15, 0.2) is 119 Å². The molecule has 6 atom stereocenters. The number of unbranched alkanes of at least 4 members (excludes halogenated alkanes) is 2. The molecule has 1 aliphatic heterocycles. The number of sulfonamides is 1. The number of hydrogen-bond donors (Lipinski definition) is 3. The maximum absolute atomic E-state index is 15.1. The summed E-state index contributed by atoms with van der Waals surface area (Å²) in [5, 5.41) is 28.0. The Bertz CT molecular complexity index is 2330. The minimum atomic E-state index is -4.30. The van der Waals surface area contributed by atoms with E-state index in [4.69, 9.17) is 24.2 Å². The number of amides is 1. The number of allylic oxidation sites excluding steroid dienone is 1. The van der Waals surface area contributed by atoms with Crippen molar-refractivity contribution in [2.75, 3.05) is 33.4 Å². The van der Waals surface area contributed by atoms with E-state index in [9.17, 15) is 15.0 Å². The Morgan fingerprint density at radius 1 is 1.03 bits per heavy atom. The zero-order chi connectivity index (χ0) is 43.0. The first-order valence-electron chi connectivity index (χ1n) is 21.2. The van der Waals surface area contributed by atoms with Crippen LogP contribution in [0.3, 0.4) is 0 Å². The van der Waals surface area contributed by atoms with Crippen LogP contribution in [-0.2, 0) is 26.2 Å². The van der Waals surface area contributed by atoms with Gasteiger partial charge in [0.2, 0.25) is 15.8 Å². The highest BCUT2D eigenvalue weighted by atomic mass is 32.2. The topological polar surface area (TPSA) is 169 Å². The van der Waals surface area contributed by atoms with Crippen LogP contribution < -0.4 is 14.8 Å². The first kappa shape index (κ1) is 44.0. The minimum Gasteiger partial charge on any atom is -0.460 e. The first-order chi connectivity index (χ1) is 29.7. The molecule has 4 aromatic rings. The van der Waals surface area contributed by atoms with Gasteiger partial charge in [0, 0.05) is 56.3 Å². The number of aliphatic hydroxyl groups excluding tert-OH is 2. The lowest BCUT2D eigenvalue weighted by Crippen LogP contribution is -2.69. The highest BCUT2D eigenvalue weighted by molar-refractivity contribution is 7.89. The lowest BCUT2D eigenvalue weighted by molar-refractivity contribution is -0.250. The molecule has 0 saturated heterocycles. The largest absolute Gasteiger partial charge is 0.460 e. The fraction of sp³-hybridized carbons (Fsp3) is 0.426. The van der Waals surface area contributed by atoms with E-state index < -0.39 is 33.9 Å². The SMILES string of the molecule is C=CCOC12Oc3ccc(OC(=O)NCC)cc3C3C(CCCCO)C(CCCCO)C=C(C(=NOCc4ccccc4)CC1N(C)S(=O)(=O)c1cccc4cccnc14)C32. The van der Waals surface area contributed by atoms with E-state index in [0.29, 0.717) is 53.9 Å². The van der Waals surface area contributed by atoms with Crippen LogP contribution in [0.4, 0.5) is 4.79 Å². The van der Waals surface area contributed by atoms with E-state index in [1.807, 2.05) is 55.5 Å². The number of likely N-dealkylation sites (N-methyl/N-ethyl adjacent to an activating group) is 1. The van der Waals surface area contributed by atoms with Crippen LogP contribution in [0.1, 0.15) is 68.9 Å². The van der Waals surface area contributed by atoms with Gasteiger partial charge in [0.05, 0.1) is 29.8 Å². The summed E-state index contributed by atoms with van der Waals surface area (Å²) >= 11 is 0. The van der Waals surface area contributed by atoms with Crippen LogP contribution in [0.2, 0.25) is 0 Å². The predicted molar refractivity (Wildman–Crippen MR) is 233 cm³/mol. The van der Waals surface area contributed by atoms with Gasteiger partial charge in [-0.05, 0) is 85.9 Å². The van der Waals surface area contributed by atoms with Gasteiger partial charge in [0.15, 0.2) is 0 Å². The van der Waals surface area contributed by atoms with Crippen molar-refractivity contribution in [3.8, 4) is 11.5 Å². The van der Waals surface area contributed by atoms with Crippen molar-refractivity contribution in [2.24, 2.45) is 22.9 Å². The number of para-hydroxylation sites is 1. The molecule has 0 bridgehead atoms. The number of aliphatic hydroxyl groups is 2. The number of carbonyl (C=O) groups is 1. The van der Waals surface area contributed by atoms with Gasteiger partial charge in [0.1, 0.15) is 23.0 Å². The standard InChI is InChI=1S/C47H56N4O9S/c1-4-27-57-47-42(51(3)61(55,56)41-21-13-18-33-19-14-24-49-45(33)41)30-39(50-58-31-32-15-7-6-8-16-32)37-28-34(17-9-11-25-52)36(20-10-12-26-53)43(44(37)47)38-29-35(22-23-40(38)60-47)59-46(54)48-5-2/h4,6-8,13-16,18-19,21-24,28-29,34,36,42-44,52-53H,1,5,9-12,17,20,25-27,30-31H2,2-3H3,(H,48,54). The van der Waals surface area contributed by atoms with Crippen molar-refractivity contribution in [3.05, 3.63) is 120 Å². The van der Waals surface area contributed by atoms with Gasteiger partial charge >= 0.3 is 6.09 Å². The van der Waals surface area contributed by atoms with Gasteiger partial charge in [-0.3, -0.25) is 4.98 Å². The molecule has 1 aromatic heterocycles. The van der Waals surface area contributed by atoms with Gasteiger partial charge in [-0.2, -0.15) is 4.31 Å². The van der Waals surface area contributed by atoms with E-state index in [0.717, 1.165) is 36.0 Å². The number of benzene rings is 3. The molecule has 2 heterocycles. The van der Waals surface area contributed by atoms with E-state index in [1.54, 1.807) is 49.7 Å². The zero-order valence-corrected chi connectivity index (χ0v) is 35.6. The molecule has 3 N–H and O–H groups in total. The second-order valence-corrected chi connectivity index (χ2v) is 17.8. The highest BCUT2D eigenvalue weighted by Crippen LogP contribution is 2.62. The third-order valence-corrected chi connectivity index (χ3v) is 14.0. The summed E-state index contributed by atoms with van der Waals surface area (Å²) in [5.74, 6) is -1.93. The fourth-order valence-corrected chi connectivity index (χ4v) is 11.0. The van der Waals surface area contributed by atoms with Crippen LogP contribution in [0.25, 0.3) is 10.9 Å². The third-order valence-electron chi connectivity index (χ3n) is 12.1. The Hall–Kier alpha value is -5.12. The lowest BCUT2D eigenvalue weighted by Gasteiger charge is -2.59. The molecule has 0 spiro atoms. The van der Waals surface area contributed by atoms with Gasteiger partial charge in [-0.25, -0.2) is 13.2 Å². The molecule has 0 radical (unpaired) electrons. The maximum Gasteiger partial charge on any atom is 0.412 e. The van der Waals surface area contributed by atoms with Crippen molar-refractivity contribution in [2.45, 2.75) is 81.1 Å². The number of nitrogens with zero attached hydrogens (tertiary/aromatic N) is 3. The Kier molecular flexibility index (Phi) is 14.2. The molecule has 13 nitrogen and oxygen atoms in total. The average molecular weight is 853 g/mol. The summed E-state index contributed by atoms with van der Waals surface area (Å²) in [7, 11) is -2.75. The molecule has 7 rings (SSSR count). The smallest absolute Gasteiger partial charge is 0.412 e. The van der Waals surface area contributed by atoms with Crippen LogP contribution in [-0.4, -0.2) is 85.0 Å². The van der Waals surface area contributed by atoms with Gasteiger partial charge in [-0.1, -0.05) is 78.7 Å². The summed E-state index contributed by atoms with van der Waals surface area (Å²) in [5.41, 5.74) is 3.43. The average Bonchev–Trinajstić information content (AvgIpc) is 3.27. The number of ether oxygens (including phenoxy) is 3. The number of rotatable bonds is 19. The number of hydrogen-bond acceptors (Lipinski definition) is 11. The van der Waals surface area contributed by atoms with Crippen LogP contribution in [0, 0.1) is 17.8 Å². The van der Waals surface area contributed by atoms with Crippen molar-refractivity contribution < 1.29 is 42.5 Å². The molecule has 3 aliphatic rings. The van der Waals surface area contributed by atoms with Crippen molar-refractivity contribution >= 4 is 32.7 Å². The van der Waals surface area contributed by atoms with E-state index in [1.165, 1.54) is 4.31 Å². The molecular formula is C47H56N4O9S. The van der Waals surface area contributed by atoms with E-state index in [-0.39, 0.29) is 55.5 Å². The molecule has 1 fully saturated rings. The molecule has 14 heteroatoms. The third kappa shape index (κ3) is 9.10. The molecule has 3 aromatic carbocycles. The van der Waals surface area contributed by atoms with Gasteiger partial charge < -0.3 is 34.6 Å². The van der Waals surface area contributed by atoms with E-state index >= 15 is 8.42 Å². The molecule has 1 saturated carbocycles. The molecule has 324 valence electrons. The second kappa shape index (κ2) is 19.7. The summed E-state index contributed by atoms with van der Waals surface area (Å²) < 4.78 is 51.5. The lowest BCUT2D eigenvalue weighted by atomic mass is 9.55. The normalized spacial score (nSPS) is 23.7. The fourth-order valence-electron chi connectivity index (χ4n) is 9.42. The Morgan fingerprint density at radius 2 is 1.80 bits per heavy atom. The van der Waals surface area contributed by atoms with Crippen molar-refractivity contribution in [1.29, 1.82) is 0 Å². The molecule has 2 aliphatic carbocycles. The zero-order valence-electron chi connectivity index (χ0n) is 34.8. The Morgan fingerprint density at radius 3 is 2.56 bits per heavy atom. The molecule has 61 heavy (non-hydrogen) atoms. The van der Waals surface area contributed by atoms with E-state index in [2.05, 4.69) is 23.0 Å². The van der Waals surface area contributed by atoms with Gasteiger partial charge in [0.25, 0.3) is 0 Å². The summed E-state index contributed by atoms with van der Waals surface area (Å²) in [6.45, 7) is 6.50. The Balaban J connectivity index is 1.46. The summed E-state index contributed by atoms with van der Waals surface area (Å²) in [4.78, 5) is 23.4. The molecule has 6 unspecified atom stereocenters. The quantitative estimate of drug-likeness (QED) is 0.0488. The van der Waals surface area contributed by atoms with Crippen molar-refractivity contribution in [3.63, 3.8) is 0 Å². The van der Waals surface area contributed by atoms with Crippen LogP contribution >= 0.6 is 0 Å². The predicted octanol–water partition coefficient (Wildman–Crippen LogP) is 7.50. The molecular weight excluding hydrogens is 797 g/mol. The van der Waals surface area contributed by atoms with Crippen molar-refractivity contribution in [1.82, 2.24) is 14.6 Å². The van der Waals surface area contributed by atoms with Gasteiger partial charge in [-0.15, -0.1) is 6.58 Å². The second-order valence-electron chi connectivity index (χ2n) is 15.8. The highest BCUT2D eigenvalue weighted by Gasteiger charge is 2.65. The maximum atomic E-state index is 15.1. The number of oxime groups is 1. The first-order valence-corrected chi connectivity index (χ1v) is 22.6. The summed E-state index contributed by atoms with van der Waals surface area (Å²) in [6.07, 6.45) is 9.10.